The molecule has 7 heteroatoms. The van der Waals surface area contributed by atoms with Crippen molar-refractivity contribution in [2.45, 2.75) is 6.92 Å². The predicted octanol–water partition coefficient (Wildman–Crippen LogP) is 1.29. The molecule has 22 heavy (non-hydrogen) atoms. The monoisotopic (exact) mass is 299 g/mol. The zero-order valence-electron chi connectivity index (χ0n) is 12.8. The number of ether oxygens (including phenoxy) is 1. The average molecular weight is 299 g/mol. The summed E-state index contributed by atoms with van der Waals surface area (Å²) in [6.45, 7) is 2.81. The van der Waals surface area contributed by atoms with E-state index in [4.69, 9.17) is 4.74 Å². The fourth-order valence-corrected chi connectivity index (χ4v) is 2.21. The predicted molar refractivity (Wildman–Crippen MR) is 82.5 cm³/mol. The molecule has 1 aliphatic rings. The van der Waals surface area contributed by atoms with Gasteiger partial charge in [-0.3, -0.25) is 9.69 Å². The Hall–Kier alpha value is -2.70. The number of hydrogen-bond acceptors (Lipinski definition) is 6. The van der Waals surface area contributed by atoms with Crippen LogP contribution in [0.1, 0.15) is 16.1 Å². The summed E-state index contributed by atoms with van der Waals surface area (Å²) >= 11 is 0. The standard InChI is InChI=1S/C15H17N5O2/c1-10-6-12-14(18-7-10)22-5-4-20(12)15(21)11-8-17-13(9-16-11)19(2)3/h6-9H,4-5H2,1-3H3. The topological polar surface area (TPSA) is 71.5 Å². The van der Waals surface area contributed by atoms with Crippen LogP contribution in [-0.4, -0.2) is 48.1 Å². The van der Waals surface area contributed by atoms with Gasteiger partial charge in [0, 0.05) is 20.3 Å². The van der Waals surface area contributed by atoms with Crippen molar-refractivity contribution in [1.82, 2.24) is 15.0 Å². The highest BCUT2D eigenvalue weighted by Gasteiger charge is 2.26. The zero-order chi connectivity index (χ0) is 15.7. The summed E-state index contributed by atoms with van der Waals surface area (Å²) in [5.74, 6) is 0.981. The number of nitrogens with zero attached hydrogens (tertiary/aromatic N) is 5. The van der Waals surface area contributed by atoms with Gasteiger partial charge in [-0.05, 0) is 18.6 Å². The lowest BCUT2D eigenvalue weighted by Crippen LogP contribution is -2.38. The van der Waals surface area contributed by atoms with Gasteiger partial charge in [-0.2, -0.15) is 0 Å². The van der Waals surface area contributed by atoms with Crippen molar-refractivity contribution >= 4 is 17.4 Å². The number of carbonyl (C=O) groups excluding carboxylic acids is 1. The molecule has 0 spiro atoms. The van der Waals surface area contributed by atoms with Gasteiger partial charge in [-0.25, -0.2) is 15.0 Å². The van der Waals surface area contributed by atoms with E-state index in [9.17, 15) is 4.79 Å². The Morgan fingerprint density at radius 2 is 2.05 bits per heavy atom. The van der Waals surface area contributed by atoms with Gasteiger partial charge in [-0.15, -0.1) is 0 Å². The highest BCUT2D eigenvalue weighted by molar-refractivity contribution is 6.05. The summed E-state index contributed by atoms with van der Waals surface area (Å²) in [6, 6.07) is 1.89. The second kappa shape index (κ2) is 5.59. The van der Waals surface area contributed by atoms with E-state index < -0.39 is 0 Å². The molecular weight excluding hydrogens is 282 g/mol. The van der Waals surface area contributed by atoms with Crippen molar-refractivity contribution in [2.75, 3.05) is 37.0 Å². The van der Waals surface area contributed by atoms with Crippen molar-refractivity contribution in [3.05, 3.63) is 35.9 Å². The van der Waals surface area contributed by atoms with E-state index in [-0.39, 0.29) is 5.91 Å². The SMILES string of the molecule is Cc1cnc2c(c1)N(C(=O)c1cnc(N(C)C)cn1)CCO2. The minimum Gasteiger partial charge on any atom is -0.474 e. The number of hydrogen-bond donors (Lipinski definition) is 0. The molecule has 2 aromatic rings. The van der Waals surface area contributed by atoms with E-state index >= 15 is 0 Å². The Bertz CT molecular complexity index is 700. The molecule has 0 saturated heterocycles. The molecular formula is C15H17N5O2. The second-order valence-corrected chi connectivity index (χ2v) is 5.30. The van der Waals surface area contributed by atoms with Crippen LogP contribution < -0.4 is 14.5 Å². The lowest BCUT2D eigenvalue weighted by Gasteiger charge is -2.28. The smallest absolute Gasteiger partial charge is 0.278 e. The number of aryl methyl sites for hydroxylation is 1. The largest absolute Gasteiger partial charge is 0.474 e. The normalized spacial score (nSPS) is 13.3. The van der Waals surface area contributed by atoms with Gasteiger partial charge in [0.25, 0.3) is 5.91 Å². The van der Waals surface area contributed by atoms with Gasteiger partial charge in [0.2, 0.25) is 5.88 Å². The summed E-state index contributed by atoms with van der Waals surface area (Å²) in [4.78, 5) is 28.8. The molecule has 7 nitrogen and oxygen atoms in total. The van der Waals surface area contributed by atoms with Crippen LogP contribution in [0, 0.1) is 6.92 Å². The summed E-state index contributed by atoms with van der Waals surface area (Å²) in [6.07, 6.45) is 4.80. The summed E-state index contributed by atoms with van der Waals surface area (Å²) in [7, 11) is 3.75. The minimum atomic E-state index is -0.199. The molecule has 3 rings (SSSR count). The van der Waals surface area contributed by atoms with Gasteiger partial charge < -0.3 is 9.64 Å². The first-order valence-corrected chi connectivity index (χ1v) is 6.97. The number of aromatic nitrogens is 3. The molecule has 0 atom stereocenters. The second-order valence-electron chi connectivity index (χ2n) is 5.30. The van der Waals surface area contributed by atoms with E-state index in [1.807, 2.05) is 32.0 Å². The average Bonchev–Trinajstić information content (AvgIpc) is 2.53. The van der Waals surface area contributed by atoms with Crippen molar-refractivity contribution < 1.29 is 9.53 Å². The number of pyridine rings is 1. The zero-order valence-corrected chi connectivity index (χ0v) is 12.8. The van der Waals surface area contributed by atoms with Gasteiger partial charge in [0.05, 0.1) is 18.9 Å². The van der Waals surface area contributed by atoms with Crippen LogP contribution in [-0.2, 0) is 0 Å². The van der Waals surface area contributed by atoms with Crippen molar-refractivity contribution in [3.63, 3.8) is 0 Å². The van der Waals surface area contributed by atoms with Crippen molar-refractivity contribution in [2.24, 2.45) is 0 Å². The third-order valence-corrected chi connectivity index (χ3v) is 3.37. The van der Waals surface area contributed by atoms with E-state index in [1.54, 1.807) is 17.3 Å². The quantitative estimate of drug-likeness (QED) is 0.832. The van der Waals surface area contributed by atoms with Crippen LogP contribution in [0.4, 0.5) is 11.5 Å². The lowest BCUT2D eigenvalue weighted by molar-refractivity contribution is 0.0970. The molecule has 0 fully saturated rings. The molecule has 1 amide bonds. The maximum absolute atomic E-state index is 12.7. The van der Waals surface area contributed by atoms with Gasteiger partial charge in [0.15, 0.2) is 0 Å². The number of rotatable bonds is 2. The third-order valence-electron chi connectivity index (χ3n) is 3.37. The van der Waals surface area contributed by atoms with Crippen LogP contribution in [0.5, 0.6) is 5.88 Å². The van der Waals surface area contributed by atoms with Crippen LogP contribution in [0.15, 0.2) is 24.7 Å². The lowest BCUT2D eigenvalue weighted by atomic mass is 10.2. The summed E-state index contributed by atoms with van der Waals surface area (Å²) in [5, 5.41) is 0. The number of fused-ring (bicyclic) bond motifs is 1. The fourth-order valence-electron chi connectivity index (χ4n) is 2.21. The van der Waals surface area contributed by atoms with Gasteiger partial charge in [0.1, 0.15) is 23.8 Å². The first kappa shape index (κ1) is 14.2. The Morgan fingerprint density at radius 1 is 1.23 bits per heavy atom. The first-order chi connectivity index (χ1) is 10.6. The minimum absolute atomic E-state index is 0.199. The summed E-state index contributed by atoms with van der Waals surface area (Å²) < 4.78 is 5.50. The van der Waals surface area contributed by atoms with Gasteiger partial charge in [-0.1, -0.05) is 0 Å². The Labute approximate surface area is 128 Å². The highest BCUT2D eigenvalue weighted by atomic mass is 16.5. The number of amides is 1. The molecule has 114 valence electrons. The van der Waals surface area contributed by atoms with Crippen LogP contribution >= 0.6 is 0 Å². The van der Waals surface area contributed by atoms with Crippen LogP contribution in [0.25, 0.3) is 0 Å². The summed E-state index contributed by atoms with van der Waals surface area (Å²) in [5.41, 5.74) is 1.95. The Balaban J connectivity index is 1.92. The maximum Gasteiger partial charge on any atom is 0.278 e. The van der Waals surface area contributed by atoms with Crippen LogP contribution in [0.2, 0.25) is 0 Å². The number of carbonyl (C=O) groups is 1. The molecule has 0 saturated carbocycles. The molecule has 3 heterocycles. The van der Waals surface area contributed by atoms with E-state index in [0.717, 1.165) is 5.56 Å². The molecule has 0 aliphatic carbocycles. The highest BCUT2D eigenvalue weighted by Crippen LogP contribution is 2.30. The van der Waals surface area contributed by atoms with Crippen LogP contribution in [0.3, 0.4) is 0 Å². The Morgan fingerprint density at radius 3 is 2.73 bits per heavy atom. The molecule has 0 bridgehead atoms. The van der Waals surface area contributed by atoms with Gasteiger partial charge >= 0.3 is 0 Å². The molecule has 0 unspecified atom stereocenters. The van der Waals surface area contributed by atoms with Crippen molar-refractivity contribution in [1.29, 1.82) is 0 Å². The van der Waals surface area contributed by atoms with E-state index in [0.29, 0.717) is 36.2 Å². The molecule has 1 aliphatic heterocycles. The Kier molecular flexibility index (Phi) is 3.62. The van der Waals surface area contributed by atoms with E-state index in [1.165, 1.54) is 6.20 Å². The molecule has 0 aromatic carbocycles. The van der Waals surface area contributed by atoms with E-state index in [2.05, 4.69) is 15.0 Å². The molecule has 0 radical (unpaired) electrons. The molecule has 2 aromatic heterocycles. The fraction of sp³-hybridized carbons (Fsp3) is 0.333. The molecule has 0 N–H and O–H groups in total. The maximum atomic E-state index is 12.7. The third kappa shape index (κ3) is 2.57. The van der Waals surface area contributed by atoms with Crippen molar-refractivity contribution in [3.8, 4) is 5.88 Å². The number of anilines is 2. The first-order valence-electron chi connectivity index (χ1n) is 6.97.